The highest BCUT2D eigenvalue weighted by molar-refractivity contribution is 6.30. The highest BCUT2D eigenvalue weighted by Gasteiger charge is 2.21. The van der Waals surface area contributed by atoms with E-state index in [0.29, 0.717) is 42.6 Å². The summed E-state index contributed by atoms with van der Waals surface area (Å²) >= 11 is 6.04. The maximum Gasteiger partial charge on any atom is 0.291 e. The van der Waals surface area contributed by atoms with Gasteiger partial charge in [0.15, 0.2) is 5.76 Å². The Kier molecular flexibility index (Phi) is 5.77. The van der Waals surface area contributed by atoms with Gasteiger partial charge in [0.25, 0.3) is 5.91 Å². The predicted molar refractivity (Wildman–Crippen MR) is 118 cm³/mol. The lowest BCUT2D eigenvalue weighted by Crippen LogP contribution is -2.48. The Morgan fingerprint density at radius 1 is 0.967 bits per heavy atom. The van der Waals surface area contributed by atoms with Crippen LogP contribution in [0.15, 0.2) is 65.1 Å². The fourth-order valence-electron chi connectivity index (χ4n) is 3.56. The molecule has 7 heteroatoms. The molecule has 2 aromatic carbocycles. The number of piperazine rings is 1. The Bertz CT molecular complexity index is 1070. The lowest BCUT2D eigenvalue weighted by atomic mass is 10.2. The van der Waals surface area contributed by atoms with E-state index in [0.717, 1.165) is 11.3 Å². The molecule has 154 valence electrons. The van der Waals surface area contributed by atoms with Crippen LogP contribution in [0.25, 0.3) is 11.3 Å². The summed E-state index contributed by atoms with van der Waals surface area (Å²) in [6.07, 6.45) is 0. The highest BCUT2D eigenvalue weighted by Crippen LogP contribution is 2.29. The third-order valence-electron chi connectivity index (χ3n) is 5.16. The minimum atomic E-state index is -0.321. The SMILES string of the molecule is CC(=O)N1CCN(c2ccccc2NC(=O)c2ccc(-c3cccc(Cl)c3)o2)CC1. The number of halogens is 1. The van der Waals surface area contributed by atoms with Gasteiger partial charge in [-0.25, -0.2) is 0 Å². The van der Waals surface area contributed by atoms with Crippen LogP contribution in [0, 0.1) is 0 Å². The number of anilines is 2. The summed E-state index contributed by atoms with van der Waals surface area (Å²) in [7, 11) is 0. The van der Waals surface area contributed by atoms with E-state index in [2.05, 4.69) is 10.2 Å². The molecule has 0 atom stereocenters. The van der Waals surface area contributed by atoms with Crippen LogP contribution in [0.1, 0.15) is 17.5 Å². The van der Waals surface area contributed by atoms with Crippen LogP contribution in [0.3, 0.4) is 0 Å². The van der Waals surface area contributed by atoms with Crippen molar-refractivity contribution in [3.63, 3.8) is 0 Å². The summed E-state index contributed by atoms with van der Waals surface area (Å²) in [5.74, 6) is 0.570. The molecule has 1 fully saturated rings. The van der Waals surface area contributed by atoms with E-state index in [1.165, 1.54) is 0 Å². The highest BCUT2D eigenvalue weighted by atomic mass is 35.5. The molecule has 1 aliphatic rings. The molecular weight excluding hydrogens is 402 g/mol. The molecule has 30 heavy (non-hydrogen) atoms. The first kappa shape index (κ1) is 20.0. The molecule has 1 saturated heterocycles. The summed E-state index contributed by atoms with van der Waals surface area (Å²) in [6, 6.07) is 18.4. The second kappa shape index (κ2) is 8.63. The van der Waals surface area contributed by atoms with Gasteiger partial charge < -0.3 is 19.5 Å². The molecular formula is C23H22ClN3O3. The van der Waals surface area contributed by atoms with Gasteiger partial charge in [-0.05, 0) is 36.4 Å². The quantitative estimate of drug-likeness (QED) is 0.670. The molecule has 1 N–H and O–H groups in total. The molecule has 3 aromatic rings. The largest absolute Gasteiger partial charge is 0.451 e. The molecule has 0 saturated carbocycles. The number of benzene rings is 2. The lowest BCUT2D eigenvalue weighted by molar-refractivity contribution is -0.129. The van der Waals surface area contributed by atoms with E-state index in [9.17, 15) is 9.59 Å². The number of hydrogen-bond acceptors (Lipinski definition) is 4. The third-order valence-corrected chi connectivity index (χ3v) is 5.39. The molecule has 0 radical (unpaired) electrons. The first-order valence-electron chi connectivity index (χ1n) is 9.78. The molecule has 2 amide bonds. The summed E-state index contributed by atoms with van der Waals surface area (Å²) in [5.41, 5.74) is 2.44. The van der Waals surface area contributed by atoms with E-state index >= 15 is 0 Å². The summed E-state index contributed by atoms with van der Waals surface area (Å²) in [5, 5.41) is 3.56. The molecule has 1 aliphatic heterocycles. The molecule has 0 unspecified atom stereocenters. The van der Waals surface area contributed by atoms with Crippen molar-refractivity contribution in [2.24, 2.45) is 0 Å². The standard InChI is InChI=1S/C23H22ClN3O3/c1-16(28)26-11-13-27(14-12-26)20-8-3-2-7-19(20)25-23(29)22-10-9-21(30-22)17-5-4-6-18(24)15-17/h2-10,15H,11-14H2,1H3,(H,25,29). The van der Waals surface area contributed by atoms with E-state index in [4.69, 9.17) is 16.0 Å². The average molecular weight is 424 g/mol. The van der Waals surface area contributed by atoms with Crippen LogP contribution < -0.4 is 10.2 Å². The van der Waals surface area contributed by atoms with Crippen LogP contribution in [0.2, 0.25) is 5.02 Å². The first-order chi connectivity index (χ1) is 14.5. The number of nitrogens with one attached hydrogen (secondary N) is 1. The average Bonchev–Trinajstić information content (AvgIpc) is 3.25. The zero-order valence-electron chi connectivity index (χ0n) is 16.6. The first-order valence-corrected chi connectivity index (χ1v) is 10.2. The summed E-state index contributed by atoms with van der Waals surface area (Å²) in [4.78, 5) is 28.4. The number of furan rings is 1. The van der Waals surface area contributed by atoms with E-state index in [-0.39, 0.29) is 17.6 Å². The molecule has 2 heterocycles. The maximum atomic E-state index is 12.8. The second-order valence-corrected chi connectivity index (χ2v) is 7.58. The molecule has 0 aliphatic carbocycles. The Morgan fingerprint density at radius 2 is 1.73 bits per heavy atom. The molecule has 0 bridgehead atoms. The number of carbonyl (C=O) groups excluding carboxylic acids is 2. The van der Waals surface area contributed by atoms with Gasteiger partial charge in [0.05, 0.1) is 11.4 Å². The van der Waals surface area contributed by atoms with Crippen molar-refractivity contribution in [2.75, 3.05) is 36.4 Å². The van der Waals surface area contributed by atoms with Gasteiger partial charge in [0.1, 0.15) is 5.76 Å². The Labute approximate surface area is 180 Å². The fraction of sp³-hybridized carbons (Fsp3) is 0.217. The minimum absolute atomic E-state index is 0.0876. The van der Waals surface area contributed by atoms with Crippen molar-refractivity contribution >= 4 is 34.8 Å². The summed E-state index contributed by atoms with van der Waals surface area (Å²) in [6.45, 7) is 4.35. The Morgan fingerprint density at radius 3 is 2.47 bits per heavy atom. The summed E-state index contributed by atoms with van der Waals surface area (Å²) < 4.78 is 5.76. The monoisotopic (exact) mass is 423 g/mol. The van der Waals surface area contributed by atoms with Gasteiger partial charge in [-0.1, -0.05) is 35.9 Å². The number of para-hydroxylation sites is 2. The van der Waals surface area contributed by atoms with Gasteiger partial charge >= 0.3 is 0 Å². The van der Waals surface area contributed by atoms with Crippen molar-refractivity contribution in [1.82, 2.24) is 4.90 Å². The van der Waals surface area contributed by atoms with Crippen molar-refractivity contribution in [3.05, 3.63) is 71.4 Å². The van der Waals surface area contributed by atoms with Crippen molar-refractivity contribution < 1.29 is 14.0 Å². The van der Waals surface area contributed by atoms with Crippen molar-refractivity contribution in [1.29, 1.82) is 0 Å². The maximum absolute atomic E-state index is 12.8. The van der Waals surface area contributed by atoms with Crippen LogP contribution in [0.5, 0.6) is 0 Å². The number of hydrogen-bond donors (Lipinski definition) is 1. The zero-order chi connectivity index (χ0) is 21.1. The van der Waals surface area contributed by atoms with Gasteiger partial charge in [-0.15, -0.1) is 0 Å². The number of carbonyl (C=O) groups is 2. The Balaban J connectivity index is 1.49. The van der Waals surface area contributed by atoms with Crippen LogP contribution in [-0.4, -0.2) is 42.9 Å². The third kappa shape index (κ3) is 4.33. The number of amides is 2. The van der Waals surface area contributed by atoms with E-state index < -0.39 is 0 Å². The second-order valence-electron chi connectivity index (χ2n) is 7.14. The topological polar surface area (TPSA) is 65.8 Å². The molecule has 0 spiro atoms. The molecule has 4 rings (SSSR count). The van der Waals surface area contributed by atoms with Crippen LogP contribution in [-0.2, 0) is 4.79 Å². The van der Waals surface area contributed by atoms with Crippen LogP contribution >= 0.6 is 11.6 Å². The van der Waals surface area contributed by atoms with Gasteiger partial charge in [-0.2, -0.15) is 0 Å². The van der Waals surface area contributed by atoms with Crippen molar-refractivity contribution in [2.45, 2.75) is 6.92 Å². The van der Waals surface area contributed by atoms with Gasteiger partial charge in [-0.3, -0.25) is 9.59 Å². The lowest BCUT2D eigenvalue weighted by Gasteiger charge is -2.36. The van der Waals surface area contributed by atoms with Gasteiger partial charge in [0, 0.05) is 43.7 Å². The van der Waals surface area contributed by atoms with E-state index in [1.807, 2.05) is 41.3 Å². The zero-order valence-corrected chi connectivity index (χ0v) is 17.4. The van der Waals surface area contributed by atoms with Crippen molar-refractivity contribution in [3.8, 4) is 11.3 Å². The fourth-order valence-corrected chi connectivity index (χ4v) is 3.75. The van der Waals surface area contributed by atoms with Crippen LogP contribution in [0.4, 0.5) is 11.4 Å². The van der Waals surface area contributed by atoms with E-state index in [1.54, 1.807) is 31.2 Å². The normalized spacial score (nSPS) is 13.9. The Hall–Kier alpha value is -3.25. The smallest absolute Gasteiger partial charge is 0.291 e. The van der Waals surface area contributed by atoms with Gasteiger partial charge in [0.2, 0.25) is 5.91 Å². The minimum Gasteiger partial charge on any atom is -0.451 e. The molecule has 1 aromatic heterocycles. The number of nitrogens with zero attached hydrogens (tertiary/aromatic N) is 2. The number of rotatable bonds is 4. The predicted octanol–water partition coefficient (Wildman–Crippen LogP) is 4.52. The molecule has 6 nitrogen and oxygen atoms in total.